The second kappa shape index (κ2) is 7.98. The molecule has 0 saturated carbocycles. The molecule has 0 spiro atoms. The number of benzene rings is 1. The van der Waals surface area contributed by atoms with Crippen LogP contribution in [0.25, 0.3) is 10.9 Å². The zero-order valence-corrected chi connectivity index (χ0v) is 15.6. The number of aromatic amines is 1. The van der Waals surface area contributed by atoms with Crippen molar-refractivity contribution in [2.24, 2.45) is 0 Å². The van der Waals surface area contributed by atoms with E-state index < -0.39 is 11.6 Å². The third kappa shape index (κ3) is 4.23. The van der Waals surface area contributed by atoms with Gasteiger partial charge in [0.1, 0.15) is 5.54 Å². The normalized spacial score (nSPS) is 19.7. The summed E-state index contributed by atoms with van der Waals surface area (Å²) >= 11 is 0. The Labute approximate surface area is 157 Å². The van der Waals surface area contributed by atoms with Crippen LogP contribution in [-0.4, -0.2) is 58.9 Å². The van der Waals surface area contributed by atoms with Crippen molar-refractivity contribution in [3.05, 3.63) is 36.0 Å². The first kappa shape index (κ1) is 19.2. The zero-order valence-electron chi connectivity index (χ0n) is 15.6. The number of hydrazine groups is 1. The molecule has 2 aromatic rings. The number of hydrogen-bond donors (Lipinski definition) is 4. The van der Waals surface area contributed by atoms with Crippen LogP contribution in [0.4, 0.5) is 4.79 Å². The molecule has 8 heteroatoms. The van der Waals surface area contributed by atoms with E-state index in [-0.39, 0.29) is 18.4 Å². The molecule has 1 aliphatic heterocycles. The van der Waals surface area contributed by atoms with Gasteiger partial charge in [-0.3, -0.25) is 10.2 Å². The van der Waals surface area contributed by atoms with Crippen LogP contribution in [0.2, 0.25) is 0 Å². The predicted molar refractivity (Wildman–Crippen MR) is 101 cm³/mol. The summed E-state index contributed by atoms with van der Waals surface area (Å²) in [6.07, 6.45) is 2.71. The largest absolute Gasteiger partial charge is 0.465 e. The van der Waals surface area contributed by atoms with Crippen molar-refractivity contribution in [1.29, 1.82) is 0 Å². The van der Waals surface area contributed by atoms with E-state index in [1.165, 1.54) is 0 Å². The van der Waals surface area contributed by atoms with Gasteiger partial charge < -0.3 is 20.1 Å². The molecule has 0 unspecified atom stereocenters. The van der Waals surface area contributed by atoms with E-state index in [1.54, 1.807) is 14.0 Å². The molecule has 0 bridgehead atoms. The van der Waals surface area contributed by atoms with Crippen molar-refractivity contribution >= 4 is 22.9 Å². The lowest BCUT2D eigenvalue weighted by atomic mass is 9.91. The number of para-hydroxylation sites is 1. The SMILES string of the molecule is COC[C@H]1CCCN1NC(=O)[C@@](C)(Cc1c[nH]c2ccccc12)NC(=O)O. The summed E-state index contributed by atoms with van der Waals surface area (Å²) in [4.78, 5) is 27.6. The molecule has 1 aliphatic rings. The number of amides is 2. The Hall–Kier alpha value is -2.58. The second-order valence-electron chi connectivity index (χ2n) is 7.18. The number of ether oxygens (including phenoxy) is 1. The number of nitrogens with one attached hydrogen (secondary N) is 3. The van der Waals surface area contributed by atoms with Gasteiger partial charge in [0.15, 0.2) is 0 Å². The first-order valence-corrected chi connectivity index (χ1v) is 9.06. The van der Waals surface area contributed by atoms with Gasteiger partial charge in [0.25, 0.3) is 5.91 Å². The van der Waals surface area contributed by atoms with Gasteiger partial charge in [-0.05, 0) is 31.4 Å². The Morgan fingerprint density at radius 3 is 2.93 bits per heavy atom. The van der Waals surface area contributed by atoms with Gasteiger partial charge in [-0.1, -0.05) is 18.2 Å². The highest BCUT2D eigenvalue weighted by atomic mass is 16.5. The Morgan fingerprint density at radius 1 is 1.41 bits per heavy atom. The van der Waals surface area contributed by atoms with Gasteiger partial charge in [0.05, 0.1) is 12.6 Å². The highest BCUT2D eigenvalue weighted by Crippen LogP contribution is 2.23. The van der Waals surface area contributed by atoms with Gasteiger partial charge in [-0.25, -0.2) is 9.80 Å². The van der Waals surface area contributed by atoms with Crippen LogP contribution in [0, 0.1) is 0 Å². The summed E-state index contributed by atoms with van der Waals surface area (Å²) in [5.74, 6) is -0.377. The molecule has 1 fully saturated rings. The molecular weight excluding hydrogens is 348 g/mol. The summed E-state index contributed by atoms with van der Waals surface area (Å²) in [5.41, 5.74) is 3.42. The van der Waals surface area contributed by atoms with Gasteiger partial charge in [-0.2, -0.15) is 0 Å². The van der Waals surface area contributed by atoms with Gasteiger partial charge in [0, 0.05) is 37.2 Å². The molecule has 146 valence electrons. The smallest absolute Gasteiger partial charge is 0.405 e. The Kier molecular flexibility index (Phi) is 5.67. The summed E-state index contributed by atoms with van der Waals surface area (Å²) in [5, 5.41) is 14.5. The third-order valence-corrected chi connectivity index (χ3v) is 5.08. The Morgan fingerprint density at radius 2 is 2.19 bits per heavy atom. The molecule has 2 atom stereocenters. The molecule has 1 saturated heterocycles. The fourth-order valence-electron chi connectivity index (χ4n) is 3.68. The first-order valence-electron chi connectivity index (χ1n) is 9.06. The number of carbonyl (C=O) groups excluding carboxylic acids is 1. The van der Waals surface area contributed by atoms with E-state index in [0.29, 0.717) is 6.61 Å². The lowest BCUT2D eigenvalue weighted by Crippen LogP contribution is -2.61. The molecule has 8 nitrogen and oxygen atoms in total. The maximum absolute atomic E-state index is 13.0. The van der Waals surface area contributed by atoms with Gasteiger partial charge in [-0.15, -0.1) is 0 Å². The fraction of sp³-hybridized carbons (Fsp3) is 0.474. The number of hydrogen-bond acceptors (Lipinski definition) is 4. The Bertz CT molecular complexity index is 821. The van der Waals surface area contributed by atoms with Crippen LogP contribution in [0.5, 0.6) is 0 Å². The zero-order chi connectivity index (χ0) is 19.4. The minimum Gasteiger partial charge on any atom is -0.465 e. The van der Waals surface area contributed by atoms with Crippen LogP contribution >= 0.6 is 0 Å². The first-order chi connectivity index (χ1) is 12.9. The number of methoxy groups -OCH3 is 1. The average Bonchev–Trinajstić information content (AvgIpc) is 3.22. The van der Waals surface area contributed by atoms with Crippen molar-refractivity contribution in [3.63, 3.8) is 0 Å². The van der Waals surface area contributed by atoms with Gasteiger partial charge in [0.2, 0.25) is 0 Å². The lowest BCUT2D eigenvalue weighted by Gasteiger charge is -2.32. The highest BCUT2D eigenvalue weighted by Gasteiger charge is 2.38. The number of aromatic nitrogens is 1. The molecule has 1 aromatic carbocycles. The number of nitrogens with zero attached hydrogens (tertiary/aromatic N) is 1. The van der Waals surface area contributed by atoms with E-state index in [0.717, 1.165) is 35.9 Å². The summed E-state index contributed by atoms with van der Waals surface area (Å²) in [7, 11) is 1.63. The van der Waals surface area contributed by atoms with Crippen LogP contribution in [0.3, 0.4) is 0 Å². The molecule has 0 radical (unpaired) electrons. The molecule has 1 aromatic heterocycles. The van der Waals surface area contributed by atoms with Gasteiger partial charge >= 0.3 is 6.09 Å². The minimum atomic E-state index is -1.31. The number of H-pyrrole nitrogens is 1. The molecule has 2 amide bonds. The predicted octanol–water partition coefficient (Wildman–Crippen LogP) is 1.88. The average molecular weight is 374 g/mol. The van der Waals surface area contributed by atoms with E-state index in [2.05, 4.69) is 15.7 Å². The van der Waals surface area contributed by atoms with Crippen molar-refractivity contribution in [1.82, 2.24) is 20.7 Å². The van der Waals surface area contributed by atoms with Crippen LogP contribution < -0.4 is 10.7 Å². The Balaban J connectivity index is 1.81. The summed E-state index contributed by atoms with van der Waals surface area (Å²) < 4.78 is 5.21. The van der Waals surface area contributed by atoms with Crippen LogP contribution in [0.15, 0.2) is 30.5 Å². The van der Waals surface area contributed by atoms with E-state index >= 15 is 0 Å². The molecule has 4 N–H and O–H groups in total. The molecule has 3 rings (SSSR count). The number of fused-ring (bicyclic) bond motifs is 1. The monoisotopic (exact) mass is 374 g/mol. The van der Waals surface area contributed by atoms with E-state index in [4.69, 9.17) is 4.74 Å². The van der Waals surface area contributed by atoms with Crippen LogP contribution in [0.1, 0.15) is 25.3 Å². The topological polar surface area (TPSA) is 107 Å². The molecular formula is C19H26N4O4. The fourth-order valence-corrected chi connectivity index (χ4v) is 3.68. The minimum absolute atomic E-state index is 0.0983. The van der Waals surface area contributed by atoms with Crippen molar-refractivity contribution in [2.45, 2.75) is 37.8 Å². The molecule has 0 aliphatic carbocycles. The number of carbonyl (C=O) groups is 2. The lowest BCUT2D eigenvalue weighted by molar-refractivity contribution is -0.132. The quantitative estimate of drug-likeness (QED) is 0.592. The second-order valence-corrected chi connectivity index (χ2v) is 7.18. The third-order valence-electron chi connectivity index (χ3n) is 5.08. The number of carboxylic acid groups (broad SMARTS) is 1. The van der Waals surface area contributed by atoms with Crippen molar-refractivity contribution < 1.29 is 19.4 Å². The van der Waals surface area contributed by atoms with Crippen LogP contribution in [-0.2, 0) is 16.0 Å². The summed E-state index contributed by atoms with van der Waals surface area (Å²) in [6, 6.07) is 7.84. The standard InChI is InChI=1S/C19H26N4O4/c1-19(21-18(25)26,10-13-11-20-16-8-4-3-7-15(13)16)17(24)22-23-9-5-6-14(23)12-27-2/h3-4,7-8,11,14,20-21H,5-6,9-10,12H2,1-2H3,(H,22,24)(H,25,26)/t14-,19-/m1/s1. The number of rotatable bonds is 7. The van der Waals surface area contributed by atoms with Crippen molar-refractivity contribution in [2.75, 3.05) is 20.3 Å². The highest BCUT2D eigenvalue weighted by molar-refractivity contribution is 5.91. The summed E-state index contributed by atoms with van der Waals surface area (Å²) in [6.45, 7) is 2.85. The van der Waals surface area contributed by atoms with Crippen molar-refractivity contribution in [3.8, 4) is 0 Å². The maximum Gasteiger partial charge on any atom is 0.405 e. The van der Waals surface area contributed by atoms with E-state index in [1.807, 2.05) is 35.5 Å². The molecule has 2 heterocycles. The van der Waals surface area contributed by atoms with E-state index in [9.17, 15) is 14.7 Å². The maximum atomic E-state index is 13.0. The molecule has 27 heavy (non-hydrogen) atoms.